The highest BCUT2D eigenvalue weighted by Gasteiger charge is 2.21. The Morgan fingerprint density at radius 2 is 1.02 bits per heavy atom. The lowest BCUT2D eigenvalue weighted by Crippen LogP contribution is -2.00. The van der Waals surface area contributed by atoms with Crippen molar-refractivity contribution in [1.29, 1.82) is 0 Å². The Balaban J connectivity index is 1.27. The molecule has 0 unspecified atom stereocenters. The molecule has 0 saturated heterocycles. The predicted molar refractivity (Wildman–Crippen MR) is 194 cm³/mol. The Labute approximate surface area is 274 Å². The topological polar surface area (TPSA) is 65.0 Å². The van der Waals surface area contributed by atoms with Gasteiger partial charge in [0.25, 0.3) is 0 Å². The molecule has 0 fully saturated rings. The van der Waals surface area contributed by atoms with Gasteiger partial charge >= 0.3 is 0 Å². The third kappa shape index (κ3) is 4.22. The molecule has 0 aliphatic rings. The number of fused-ring (bicyclic) bond motifs is 7. The lowest BCUT2D eigenvalue weighted by molar-refractivity contribution is 0.668. The minimum Gasteiger partial charge on any atom is -0.456 e. The average molecular weight is 616 g/mol. The minimum absolute atomic E-state index is 0.571. The number of furan rings is 2. The van der Waals surface area contributed by atoms with Gasteiger partial charge in [0.1, 0.15) is 22.3 Å². The summed E-state index contributed by atoms with van der Waals surface area (Å²) in [5, 5.41) is 6.41. The minimum atomic E-state index is 0.571. The first-order valence-corrected chi connectivity index (χ1v) is 15.9. The maximum atomic E-state index is 6.52. The third-order valence-corrected chi connectivity index (χ3v) is 9.11. The quantitative estimate of drug-likeness (QED) is 0.197. The summed E-state index contributed by atoms with van der Waals surface area (Å²) in [6.45, 7) is 0. The standard InChI is InChI=1S/C43H25N3O2/c1-2-12-27(13-3-1)41-44-42(29-22-21-26-11-4-5-14-28(26)23-29)46-43(45-41)35-24-30(25-38-39(35)34-16-7-9-20-37(34)47-38)31-17-10-18-33-32-15-6-8-19-36(32)48-40(31)33/h1-25H. The normalized spacial score (nSPS) is 11.8. The molecule has 3 heterocycles. The van der Waals surface area contributed by atoms with Crippen molar-refractivity contribution in [3.05, 3.63) is 152 Å². The Kier molecular flexibility index (Phi) is 5.81. The first kappa shape index (κ1) is 26.6. The van der Waals surface area contributed by atoms with E-state index in [2.05, 4.69) is 84.9 Å². The summed E-state index contributed by atoms with van der Waals surface area (Å²) in [7, 11) is 0. The van der Waals surface area contributed by atoms with Crippen LogP contribution in [0, 0.1) is 0 Å². The molecule has 0 amide bonds. The molecule has 10 aromatic rings. The van der Waals surface area contributed by atoms with Crippen molar-refractivity contribution in [3.8, 4) is 45.3 Å². The van der Waals surface area contributed by atoms with Crippen molar-refractivity contribution in [1.82, 2.24) is 15.0 Å². The molecule has 0 N–H and O–H groups in total. The second-order valence-corrected chi connectivity index (χ2v) is 12.0. The van der Waals surface area contributed by atoms with Crippen molar-refractivity contribution < 1.29 is 8.83 Å². The highest BCUT2D eigenvalue weighted by molar-refractivity contribution is 6.15. The molecule has 48 heavy (non-hydrogen) atoms. The lowest BCUT2D eigenvalue weighted by Gasteiger charge is -2.11. The molecule has 224 valence electrons. The van der Waals surface area contributed by atoms with E-state index >= 15 is 0 Å². The summed E-state index contributed by atoms with van der Waals surface area (Å²) >= 11 is 0. The van der Waals surface area contributed by atoms with Crippen LogP contribution in [0.2, 0.25) is 0 Å². The summed E-state index contributed by atoms with van der Waals surface area (Å²) < 4.78 is 13.0. The Bertz CT molecular complexity index is 2850. The number of aromatic nitrogens is 3. The summed E-state index contributed by atoms with van der Waals surface area (Å²) in [6, 6.07) is 51.6. The number of nitrogens with zero attached hydrogens (tertiary/aromatic N) is 3. The van der Waals surface area contributed by atoms with E-state index in [1.165, 1.54) is 0 Å². The van der Waals surface area contributed by atoms with E-state index in [0.29, 0.717) is 17.5 Å². The second kappa shape index (κ2) is 10.5. The molecule has 7 aromatic carbocycles. The van der Waals surface area contributed by atoms with Crippen LogP contribution in [-0.2, 0) is 0 Å². The van der Waals surface area contributed by atoms with Crippen LogP contribution in [0.25, 0.3) is 99.9 Å². The van der Waals surface area contributed by atoms with E-state index in [1.54, 1.807) is 0 Å². The van der Waals surface area contributed by atoms with E-state index in [9.17, 15) is 0 Å². The summed E-state index contributed by atoms with van der Waals surface area (Å²) in [6.07, 6.45) is 0. The van der Waals surface area contributed by atoms with Crippen LogP contribution in [-0.4, -0.2) is 15.0 Å². The molecule has 0 radical (unpaired) electrons. The molecule has 0 saturated carbocycles. The zero-order valence-electron chi connectivity index (χ0n) is 25.6. The van der Waals surface area contributed by atoms with Crippen molar-refractivity contribution in [2.75, 3.05) is 0 Å². The van der Waals surface area contributed by atoms with E-state index in [0.717, 1.165) is 82.5 Å². The van der Waals surface area contributed by atoms with Crippen LogP contribution >= 0.6 is 0 Å². The molecule has 5 heteroatoms. The highest BCUT2D eigenvalue weighted by Crippen LogP contribution is 2.42. The van der Waals surface area contributed by atoms with Gasteiger partial charge in [-0.2, -0.15) is 0 Å². The fraction of sp³-hybridized carbons (Fsp3) is 0. The van der Waals surface area contributed by atoms with Gasteiger partial charge in [0.15, 0.2) is 17.5 Å². The second-order valence-electron chi connectivity index (χ2n) is 12.0. The molecule has 5 nitrogen and oxygen atoms in total. The predicted octanol–water partition coefficient (Wildman–Crippen LogP) is 11.5. The lowest BCUT2D eigenvalue weighted by atomic mass is 9.96. The van der Waals surface area contributed by atoms with Crippen molar-refractivity contribution >= 4 is 54.6 Å². The van der Waals surface area contributed by atoms with Gasteiger partial charge in [-0.15, -0.1) is 0 Å². The third-order valence-electron chi connectivity index (χ3n) is 9.11. The summed E-state index contributed by atoms with van der Waals surface area (Å²) in [5.74, 6) is 1.78. The van der Waals surface area contributed by atoms with Crippen molar-refractivity contribution in [3.63, 3.8) is 0 Å². The van der Waals surface area contributed by atoms with E-state index < -0.39 is 0 Å². The van der Waals surface area contributed by atoms with E-state index in [1.807, 2.05) is 66.7 Å². The highest BCUT2D eigenvalue weighted by atomic mass is 16.3. The molecule has 3 aromatic heterocycles. The zero-order valence-corrected chi connectivity index (χ0v) is 25.6. The first-order valence-electron chi connectivity index (χ1n) is 15.9. The van der Waals surface area contributed by atoms with Gasteiger partial charge in [-0.05, 0) is 46.7 Å². The Morgan fingerprint density at radius 3 is 1.88 bits per heavy atom. The molecular formula is C43H25N3O2. The fourth-order valence-electron chi connectivity index (χ4n) is 6.83. The Morgan fingerprint density at radius 1 is 0.354 bits per heavy atom. The van der Waals surface area contributed by atoms with Crippen LogP contribution < -0.4 is 0 Å². The largest absolute Gasteiger partial charge is 0.456 e. The van der Waals surface area contributed by atoms with Crippen molar-refractivity contribution in [2.45, 2.75) is 0 Å². The van der Waals surface area contributed by atoms with Crippen LogP contribution in [0.5, 0.6) is 0 Å². The number of hydrogen-bond acceptors (Lipinski definition) is 5. The monoisotopic (exact) mass is 615 g/mol. The molecule has 0 aliphatic heterocycles. The molecule has 10 rings (SSSR count). The van der Waals surface area contributed by atoms with Crippen molar-refractivity contribution in [2.24, 2.45) is 0 Å². The maximum Gasteiger partial charge on any atom is 0.164 e. The molecule has 0 aliphatic carbocycles. The van der Waals surface area contributed by atoms with Gasteiger partial charge in [0.2, 0.25) is 0 Å². The molecule has 0 bridgehead atoms. The van der Waals surface area contributed by atoms with E-state index in [-0.39, 0.29) is 0 Å². The molecular weight excluding hydrogens is 590 g/mol. The smallest absolute Gasteiger partial charge is 0.164 e. The average Bonchev–Trinajstić information content (AvgIpc) is 3.73. The van der Waals surface area contributed by atoms with Gasteiger partial charge in [0.05, 0.1) is 0 Å². The first-order chi connectivity index (χ1) is 23.8. The van der Waals surface area contributed by atoms with E-state index in [4.69, 9.17) is 23.8 Å². The molecule has 0 atom stereocenters. The zero-order chi connectivity index (χ0) is 31.6. The maximum absolute atomic E-state index is 6.52. The fourth-order valence-corrected chi connectivity index (χ4v) is 6.83. The van der Waals surface area contributed by atoms with Gasteiger partial charge < -0.3 is 8.83 Å². The van der Waals surface area contributed by atoms with Crippen LogP contribution in [0.1, 0.15) is 0 Å². The summed E-state index contributed by atoms with van der Waals surface area (Å²) in [5.41, 5.74) is 7.88. The molecule has 0 spiro atoms. The number of para-hydroxylation sites is 3. The SMILES string of the molecule is c1ccc(-c2nc(-c3ccc4ccccc4c3)nc(-c3cc(-c4cccc5c4oc4ccccc45)cc4oc5ccccc5c34)n2)cc1. The van der Waals surface area contributed by atoms with Crippen LogP contribution in [0.15, 0.2) is 160 Å². The Hall–Kier alpha value is -6.59. The number of rotatable bonds is 4. The van der Waals surface area contributed by atoms with Gasteiger partial charge in [-0.1, -0.05) is 121 Å². The van der Waals surface area contributed by atoms with Gasteiger partial charge in [-0.3, -0.25) is 0 Å². The van der Waals surface area contributed by atoms with Gasteiger partial charge in [-0.25, -0.2) is 15.0 Å². The van der Waals surface area contributed by atoms with Crippen LogP contribution in [0.3, 0.4) is 0 Å². The summed E-state index contributed by atoms with van der Waals surface area (Å²) in [4.78, 5) is 15.4. The van der Waals surface area contributed by atoms with Crippen LogP contribution in [0.4, 0.5) is 0 Å². The van der Waals surface area contributed by atoms with Gasteiger partial charge in [0, 0.05) is 43.8 Å². The number of hydrogen-bond donors (Lipinski definition) is 0. The number of benzene rings is 7.